The molecule has 40 heavy (non-hydrogen) atoms. The first-order valence-electron chi connectivity index (χ1n) is 12.0. The third kappa shape index (κ3) is 10.9. The Morgan fingerprint density at radius 1 is 0.725 bits per heavy atom. The monoisotopic (exact) mass is 569 g/mol. The van der Waals surface area contributed by atoms with Crippen molar-refractivity contribution in [3.63, 3.8) is 0 Å². The second-order valence-electron chi connectivity index (χ2n) is 8.34. The van der Waals surface area contributed by atoms with Gasteiger partial charge >= 0.3 is 30.0 Å². The molecule has 0 unspecified atom stereocenters. The largest absolute Gasteiger partial charge is 0.513 e. The average Bonchev–Trinajstić information content (AvgIpc) is 2.84. The molecular weight excluding hydrogens is 538 g/mol. The fourth-order valence-electron chi connectivity index (χ4n) is 3.55. The van der Waals surface area contributed by atoms with Crippen LogP contribution in [0.5, 0.6) is 5.75 Å². The molecule has 220 valence electrons. The van der Waals surface area contributed by atoms with E-state index >= 15 is 0 Å². The Labute approximate surface area is 229 Å². The van der Waals surface area contributed by atoms with Crippen molar-refractivity contribution in [3.05, 3.63) is 24.3 Å². The Balaban J connectivity index is 2.07. The van der Waals surface area contributed by atoms with Gasteiger partial charge in [0.1, 0.15) is 25.1 Å². The van der Waals surface area contributed by atoms with Crippen molar-refractivity contribution < 1.29 is 66.7 Å². The maximum atomic E-state index is 12.0. The van der Waals surface area contributed by atoms with Crippen molar-refractivity contribution >= 4 is 41.6 Å². The number of hydrogen-bond acceptors (Lipinski definition) is 14. The van der Waals surface area contributed by atoms with E-state index in [1.54, 1.807) is 0 Å². The van der Waals surface area contributed by atoms with Crippen molar-refractivity contribution in [3.8, 4) is 5.75 Å². The number of carbonyl (C=O) groups is 6. The van der Waals surface area contributed by atoms with Crippen LogP contribution in [0, 0.1) is 0 Å². The maximum absolute atomic E-state index is 12.0. The molecule has 1 aliphatic rings. The summed E-state index contributed by atoms with van der Waals surface area (Å²) in [5.74, 6) is -3.11. The zero-order chi connectivity index (χ0) is 29.8. The minimum atomic E-state index is -1.42. The quantitative estimate of drug-likeness (QED) is 0.173. The molecule has 1 amide bonds. The normalized spacial score (nSPS) is 21.8. The minimum absolute atomic E-state index is 0.152. The first kappa shape index (κ1) is 32.0. The molecule has 0 aliphatic carbocycles. The van der Waals surface area contributed by atoms with Crippen LogP contribution in [-0.2, 0) is 57.1 Å². The van der Waals surface area contributed by atoms with Crippen LogP contribution in [0.4, 0.5) is 10.5 Å². The van der Waals surface area contributed by atoms with Crippen LogP contribution in [0.25, 0.3) is 0 Å². The molecule has 15 nitrogen and oxygen atoms in total. The zero-order valence-electron chi connectivity index (χ0n) is 22.5. The van der Waals surface area contributed by atoms with Gasteiger partial charge < -0.3 is 43.2 Å². The van der Waals surface area contributed by atoms with Crippen LogP contribution in [0.1, 0.15) is 34.6 Å². The predicted octanol–water partition coefficient (Wildman–Crippen LogP) is 1.26. The Morgan fingerprint density at radius 2 is 1.30 bits per heavy atom. The van der Waals surface area contributed by atoms with Crippen LogP contribution in [-0.4, -0.2) is 86.5 Å². The lowest BCUT2D eigenvalue weighted by molar-refractivity contribution is -0.308. The molecule has 1 saturated heterocycles. The summed E-state index contributed by atoms with van der Waals surface area (Å²) >= 11 is 0. The number of ether oxygens (including phenoxy) is 8. The summed E-state index contributed by atoms with van der Waals surface area (Å²) in [6.07, 6.45) is -7.78. The number of esters is 4. The molecule has 1 aromatic carbocycles. The lowest BCUT2D eigenvalue weighted by Crippen LogP contribution is -2.63. The summed E-state index contributed by atoms with van der Waals surface area (Å²) in [6, 6.07) is 5.94. The molecule has 15 heteroatoms. The molecule has 1 N–H and O–H groups in total. The van der Waals surface area contributed by atoms with Gasteiger partial charge in [-0.15, -0.1) is 0 Å². The first-order valence-corrected chi connectivity index (χ1v) is 12.0. The number of amides is 1. The van der Waals surface area contributed by atoms with Crippen molar-refractivity contribution in [1.29, 1.82) is 0 Å². The van der Waals surface area contributed by atoms with Crippen molar-refractivity contribution in [2.24, 2.45) is 0 Å². The lowest BCUT2D eigenvalue weighted by Gasteiger charge is -2.44. The second kappa shape index (κ2) is 15.4. The van der Waals surface area contributed by atoms with Crippen molar-refractivity contribution in [2.75, 3.05) is 25.1 Å². The summed E-state index contributed by atoms with van der Waals surface area (Å²) in [5.41, 5.74) is 0.506. The summed E-state index contributed by atoms with van der Waals surface area (Å²) in [5, 5.41) is 2.57. The summed E-state index contributed by atoms with van der Waals surface area (Å²) in [6.45, 7) is 4.73. The summed E-state index contributed by atoms with van der Waals surface area (Å²) < 4.78 is 42.2. The fraction of sp³-hybridized carbons (Fsp3) is 0.520. The average molecular weight is 570 g/mol. The van der Waals surface area contributed by atoms with Gasteiger partial charge in [0.2, 0.25) is 5.91 Å². The van der Waals surface area contributed by atoms with E-state index in [-0.39, 0.29) is 24.9 Å². The highest BCUT2D eigenvalue weighted by Gasteiger charge is 2.52. The Bertz CT molecular complexity index is 1070. The molecule has 1 aromatic rings. The number of hydrogen-bond donors (Lipinski definition) is 1. The third-order valence-electron chi connectivity index (χ3n) is 4.91. The summed E-state index contributed by atoms with van der Waals surface area (Å²) in [4.78, 5) is 69.9. The number of rotatable bonds is 11. The molecule has 0 bridgehead atoms. The van der Waals surface area contributed by atoms with Gasteiger partial charge in [-0.25, -0.2) is 4.79 Å². The van der Waals surface area contributed by atoms with E-state index in [4.69, 9.17) is 37.9 Å². The highest BCUT2D eigenvalue weighted by Crippen LogP contribution is 2.30. The Hall–Kier alpha value is -4.24. The molecule has 1 heterocycles. The highest BCUT2D eigenvalue weighted by atomic mass is 16.8. The van der Waals surface area contributed by atoms with E-state index in [1.165, 1.54) is 31.2 Å². The third-order valence-corrected chi connectivity index (χ3v) is 4.91. The molecule has 0 radical (unpaired) electrons. The summed E-state index contributed by atoms with van der Waals surface area (Å²) in [7, 11) is 0. The van der Waals surface area contributed by atoms with Gasteiger partial charge in [-0.1, -0.05) is 0 Å². The maximum Gasteiger partial charge on any atom is 0.513 e. The Kier molecular flexibility index (Phi) is 12.3. The van der Waals surface area contributed by atoms with Crippen LogP contribution in [0.3, 0.4) is 0 Å². The van der Waals surface area contributed by atoms with E-state index in [9.17, 15) is 28.8 Å². The van der Waals surface area contributed by atoms with E-state index in [1.807, 2.05) is 0 Å². The lowest BCUT2D eigenvalue weighted by atomic mass is 9.98. The van der Waals surface area contributed by atoms with Gasteiger partial charge in [0.05, 0.1) is 6.61 Å². The molecule has 0 spiro atoms. The SMILES string of the molecule is CC(=O)Nc1ccc(OC(=O)OCCO[C@@H]2O[C@H](COC(C)=O)[C@@H](OC(C)=O)[C@H](OC(C)=O)[C@H]2OC(C)=O)cc1. The van der Waals surface area contributed by atoms with Crippen molar-refractivity contribution in [2.45, 2.75) is 65.3 Å². The smallest absolute Gasteiger partial charge is 0.463 e. The molecular formula is C25H31NO14. The van der Waals surface area contributed by atoms with E-state index in [0.29, 0.717) is 5.69 Å². The number of carbonyl (C=O) groups excluding carboxylic acids is 6. The predicted molar refractivity (Wildman–Crippen MR) is 131 cm³/mol. The second-order valence-corrected chi connectivity index (χ2v) is 8.34. The van der Waals surface area contributed by atoms with Crippen LogP contribution >= 0.6 is 0 Å². The molecule has 0 saturated carbocycles. The zero-order valence-corrected chi connectivity index (χ0v) is 22.5. The molecule has 1 aliphatic heterocycles. The fourth-order valence-corrected chi connectivity index (χ4v) is 3.55. The highest BCUT2D eigenvalue weighted by molar-refractivity contribution is 5.88. The van der Waals surface area contributed by atoms with Crippen molar-refractivity contribution in [1.82, 2.24) is 0 Å². The van der Waals surface area contributed by atoms with Gasteiger partial charge in [0, 0.05) is 40.3 Å². The van der Waals surface area contributed by atoms with Gasteiger partial charge in [0.15, 0.2) is 24.6 Å². The van der Waals surface area contributed by atoms with Gasteiger partial charge in [0.25, 0.3) is 0 Å². The van der Waals surface area contributed by atoms with Gasteiger partial charge in [-0.3, -0.25) is 24.0 Å². The topological polar surface area (TPSA) is 188 Å². The molecule has 1 fully saturated rings. The minimum Gasteiger partial charge on any atom is -0.463 e. The van der Waals surface area contributed by atoms with Gasteiger partial charge in [-0.2, -0.15) is 0 Å². The van der Waals surface area contributed by atoms with E-state index in [0.717, 1.165) is 27.7 Å². The standard InChI is InChI=1S/C25H31NO14/c1-13(27)26-18-6-8-19(9-7-18)39-25(32)34-11-10-33-24-23(38-17(5)31)22(37-16(4)30)21(36-15(3)29)20(40-24)12-35-14(2)28/h6-9,20-24H,10-12H2,1-5H3,(H,26,27)/t20-,21-,22+,23-,24-/m1/s1. The first-order chi connectivity index (χ1) is 18.8. The van der Waals surface area contributed by atoms with Crippen LogP contribution in [0.2, 0.25) is 0 Å². The number of anilines is 1. The number of nitrogens with one attached hydrogen (secondary N) is 1. The Morgan fingerprint density at radius 3 is 1.85 bits per heavy atom. The molecule has 2 rings (SSSR count). The van der Waals surface area contributed by atoms with Gasteiger partial charge in [-0.05, 0) is 24.3 Å². The number of benzene rings is 1. The molecule has 0 aromatic heterocycles. The van der Waals surface area contributed by atoms with Crippen LogP contribution < -0.4 is 10.1 Å². The van der Waals surface area contributed by atoms with Crippen LogP contribution in [0.15, 0.2) is 24.3 Å². The van der Waals surface area contributed by atoms with E-state index < -0.39 is 67.3 Å². The van der Waals surface area contributed by atoms with E-state index in [2.05, 4.69) is 5.32 Å². The molecule has 5 atom stereocenters.